The van der Waals surface area contributed by atoms with Gasteiger partial charge in [-0.05, 0) is 11.8 Å². The summed E-state index contributed by atoms with van der Waals surface area (Å²) < 4.78 is 8.75. The predicted octanol–water partition coefficient (Wildman–Crippen LogP) is 1.08. The van der Waals surface area contributed by atoms with Crippen LogP contribution in [0.4, 0.5) is 0 Å². The molecule has 0 saturated carbocycles. The molecular formula is C14H24NaO8. The van der Waals surface area contributed by atoms with Gasteiger partial charge in [-0.25, -0.2) is 0 Å². The van der Waals surface area contributed by atoms with Gasteiger partial charge in [0.15, 0.2) is 0 Å². The van der Waals surface area contributed by atoms with Crippen molar-refractivity contribution in [2.45, 2.75) is 46.0 Å². The number of methoxy groups -OCH3 is 2. The van der Waals surface area contributed by atoms with Crippen LogP contribution in [0.3, 0.4) is 0 Å². The van der Waals surface area contributed by atoms with Crippen LogP contribution < -0.4 is 0 Å². The van der Waals surface area contributed by atoms with Crippen molar-refractivity contribution >= 4 is 53.4 Å². The molecule has 0 fully saturated rings. The zero-order valence-electron chi connectivity index (χ0n) is 14.4. The normalized spacial score (nSPS) is 9.57. The van der Waals surface area contributed by atoms with Gasteiger partial charge in [-0.1, -0.05) is 13.8 Å². The molecule has 0 aliphatic carbocycles. The maximum absolute atomic E-state index is 10.5. The second kappa shape index (κ2) is 14.5. The summed E-state index contributed by atoms with van der Waals surface area (Å²) in [6.07, 6.45) is 0.801. The van der Waals surface area contributed by atoms with Crippen molar-refractivity contribution in [3.8, 4) is 0 Å². The largest absolute Gasteiger partial charge is 0.481 e. The maximum Gasteiger partial charge on any atom is 0.305 e. The van der Waals surface area contributed by atoms with Crippen molar-refractivity contribution in [1.82, 2.24) is 0 Å². The van der Waals surface area contributed by atoms with Crippen LogP contribution in [-0.2, 0) is 28.7 Å². The van der Waals surface area contributed by atoms with E-state index in [-0.39, 0.29) is 67.2 Å². The quantitative estimate of drug-likeness (QED) is 0.495. The van der Waals surface area contributed by atoms with Gasteiger partial charge in [-0.15, -0.1) is 0 Å². The molecule has 9 heteroatoms. The molecule has 0 spiro atoms. The van der Waals surface area contributed by atoms with Crippen LogP contribution >= 0.6 is 0 Å². The van der Waals surface area contributed by atoms with E-state index in [0.717, 1.165) is 0 Å². The molecule has 23 heavy (non-hydrogen) atoms. The minimum Gasteiger partial charge on any atom is -0.481 e. The first-order chi connectivity index (χ1) is 10.0. The van der Waals surface area contributed by atoms with Crippen LogP contribution in [0.2, 0.25) is 0 Å². The minimum atomic E-state index is -0.962. The number of carboxylic acids is 2. The Bertz CT molecular complexity index is 358. The number of aliphatic carboxylic acids is 2. The van der Waals surface area contributed by atoms with E-state index < -0.39 is 17.4 Å². The van der Waals surface area contributed by atoms with Gasteiger partial charge in [0.05, 0.1) is 27.1 Å². The van der Waals surface area contributed by atoms with E-state index in [2.05, 4.69) is 9.47 Å². The fourth-order valence-corrected chi connectivity index (χ4v) is 1.46. The molecule has 0 amide bonds. The van der Waals surface area contributed by atoms with Crippen molar-refractivity contribution in [1.29, 1.82) is 0 Å². The smallest absolute Gasteiger partial charge is 0.305 e. The van der Waals surface area contributed by atoms with Gasteiger partial charge in [0.1, 0.15) is 0 Å². The number of carboxylic acid groups (broad SMARTS) is 2. The number of carbonyl (C=O) groups is 4. The van der Waals surface area contributed by atoms with Crippen LogP contribution in [0, 0.1) is 5.41 Å². The Hall–Kier alpha value is -1.12. The SMILES string of the molecule is CC(C)(CC(=O)O)CC(=O)O.COC(=O)CCCC(=O)OC.[Na]. The number of rotatable bonds is 8. The molecule has 0 rings (SSSR count). The molecule has 8 nitrogen and oxygen atoms in total. The molecule has 0 aromatic heterocycles. The molecule has 0 saturated heterocycles. The van der Waals surface area contributed by atoms with Crippen molar-refractivity contribution in [2.75, 3.05) is 14.2 Å². The van der Waals surface area contributed by atoms with E-state index >= 15 is 0 Å². The molecule has 0 atom stereocenters. The molecule has 0 aromatic rings. The Kier molecular flexibility index (Phi) is 16.8. The average molecular weight is 343 g/mol. The second-order valence-electron chi connectivity index (χ2n) is 5.31. The van der Waals surface area contributed by atoms with E-state index in [4.69, 9.17) is 10.2 Å². The van der Waals surface area contributed by atoms with Crippen molar-refractivity contribution < 1.29 is 38.9 Å². The van der Waals surface area contributed by atoms with E-state index in [1.54, 1.807) is 13.8 Å². The van der Waals surface area contributed by atoms with Crippen molar-refractivity contribution in [2.24, 2.45) is 5.41 Å². The Balaban J connectivity index is -0.000000333. The summed E-state index contributed by atoms with van der Waals surface area (Å²) in [7, 11) is 2.64. The molecule has 0 aliphatic heterocycles. The summed E-state index contributed by atoms with van der Waals surface area (Å²) in [5, 5.41) is 16.7. The van der Waals surface area contributed by atoms with E-state index in [0.29, 0.717) is 6.42 Å². The van der Waals surface area contributed by atoms with E-state index in [1.165, 1.54) is 14.2 Å². The third-order valence-corrected chi connectivity index (χ3v) is 2.48. The third-order valence-electron chi connectivity index (χ3n) is 2.48. The molecule has 0 aromatic carbocycles. The predicted molar refractivity (Wildman–Crippen MR) is 81.9 cm³/mol. The van der Waals surface area contributed by atoms with Gasteiger partial charge >= 0.3 is 23.9 Å². The summed E-state index contributed by atoms with van der Waals surface area (Å²) in [5.74, 6) is -2.52. The fourth-order valence-electron chi connectivity index (χ4n) is 1.46. The Morgan fingerprint density at radius 1 is 0.826 bits per heavy atom. The monoisotopic (exact) mass is 343 g/mol. The minimum absolute atomic E-state index is 0. The molecular weight excluding hydrogens is 319 g/mol. The molecule has 0 aliphatic rings. The first-order valence-corrected chi connectivity index (χ1v) is 6.61. The molecule has 1 radical (unpaired) electrons. The van der Waals surface area contributed by atoms with Gasteiger partial charge in [0.25, 0.3) is 0 Å². The van der Waals surface area contributed by atoms with Gasteiger partial charge < -0.3 is 19.7 Å². The number of carbonyl (C=O) groups excluding carboxylic acids is 2. The standard InChI is InChI=1S/2C7H12O4.Na/c1-7(2,3-5(8)9)4-6(10)11;1-10-6(8)4-3-5-7(9)11-2;/h3-4H2,1-2H3,(H,8,9)(H,10,11);3-5H2,1-2H3;. The first kappa shape index (κ1) is 26.8. The molecule has 2 N–H and O–H groups in total. The molecule has 0 unspecified atom stereocenters. The zero-order chi connectivity index (χ0) is 17.8. The van der Waals surface area contributed by atoms with Crippen molar-refractivity contribution in [3.05, 3.63) is 0 Å². The van der Waals surface area contributed by atoms with Gasteiger partial charge in [-0.3, -0.25) is 19.2 Å². The number of hydrogen-bond donors (Lipinski definition) is 2. The number of hydrogen-bond acceptors (Lipinski definition) is 6. The number of esters is 2. The van der Waals surface area contributed by atoms with Crippen LogP contribution in [-0.4, -0.2) is 77.9 Å². The summed E-state index contributed by atoms with van der Waals surface area (Å²) in [6, 6.07) is 0. The Labute approximate surface area is 157 Å². The van der Waals surface area contributed by atoms with Crippen LogP contribution in [0.25, 0.3) is 0 Å². The summed E-state index contributed by atoms with van der Waals surface area (Å²) in [4.78, 5) is 41.4. The van der Waals surface area contributed by atoms with Gasteiger partial charge in [0.2, 0.25) is 0 Å². The first-order valence-electron chi connectivity index (χ1n) is 6.61. The Morgan fingerprint density at radius 3 is 1.35 bits per heavy atom. The van der Waals surface area contributed by atoms with Crippen molar-refractivity contribution in [3.63, 3.8) is 0 Å². The van der Waals surface area contributed by atoms with Gasteiger partial charge in [-0.2, -0.15) is 0 Å². The molecule has 0 bridgehead atoms. The average Bonchev–Trinajstić information content (AvgIpc) is 2.35. The second-order valence-corrected chi connectivity index (χ2v) is 5.31. The van der Waals surface area contributed by atoms with E-state index in [9.17, 15) is 19.2 Å². The summed E-state index contributed by atoms with van der Waals surface area (Å²) >= 11 is 0. The summed E-state index contributed by atoms with van der Waals surface area (Å²) in [5.41, 5.74) is -0.655. The zero-order valence-corrected chi connectivity index (χ0v) is 16.4. The topological polar surface area (TPSA) is 127 Å². The van der Waals surface area contributed by atoms with Crippen LogP contribution in [0.1, 0.15) is 46.0 Å². The van der Waals surface area contributed by atoms with E-state index in [1.807, 2.05) is 0 Å². The van der Waals surface area contributed by atoms with Gasteiger partial charge in [0, 0.05) is 42.4 Å². The summed E-state index contributed by atoms with van der Waals surface area (Å²) in [6.45, 7) is 3.24. The number of ether oxygens (including phenoxy) is 2. The molecule has 129 valence electrons. The third kappa shape index (κ3) is 20.9. The molecule has 0 heterocycles. The van der Waals surface area contributed by atoms with Crippen LogP contribution in [0.5, 0.6) is 0 Å². The van der Waals surface area contributed by atoms with Crippen LogP contribution in [0.15, 0.2) is 0 Å². The Morgan fingerprint density at radius 2 is 1.13 bits per heavy atom. The fraction of sp³-hybridized carbons (Fsp3) is 0.714. The maximum atomic E-state index is 10.5.